The average molecular weight is 418 g/mol. The zero-order chi connectivity index (χ0) is 22.0. The van der Waals surface area contributed by atoms with Gasteiger partial charge in [-0.1, -0.05) is 0 Å². The Balaban J connectivity index is 1.67. The van der Waals surface area contributed by atoms with E-state index in [0.29, 0.717) is 11.3 Å². The monoisotopic (exact) mass is 418 g/mol. The Kier molecular flexibility index (Phi) is 5.44. The fourth-order valence-electron chi connectivity index (χ4n) is 3.22. The minimum Gasteiger partial charge on any atom is -0.462 e. The SMILES string of the molecule is CCOC(=O)C1=C(Nc2ccc(N(C)C)cc2)O/C(=C\c2c[nH]c3ncccc23)C1=O. The molecule has 2 N–H and O–H groups in total. The standard InChI is InChI=1S/C23H22N4O4/c1-4-30-23(29)19-20(28)18(12-14-13-25-21-17(14)6-5-11-24-21)31-22(19)26-15-7-9-16(10-8-15)27(2)3/h5-13,26H,4H2,1-3H3,(H,24,25)/b18-12-. The molecule has 0 amide bonds. The van der Waals surface area contributed by atoms with E-state index in [1.165, 1.54) is 0 Å². The third kappa shape index (κ3) is 4.00. The second kappa shape index (κ2) is 8.35. The molecule has 0 saturated heterocycles. The maximum absolute atomic E-state index is 13.0. The van der Waals surface area contributed by atoms with Crippen LogP contribution >= 0.6 is 0 Å². The number of anilines is 2. The van der Waals surface area contributed by atoms with Crippen LogP contribution in [0.5, 0.6) is 0 Å². The fraction of sp³-hybridized carbons (Fsp3) is 0.174. The topological polar surface area (TPSA) is 96.6 Å². The number of hydrogen-bond acceptors (Lipinski definition) is 7. The number of ketones is 1. The zero-order valence-corrected chi connectivity index (χ0v) is 17.4. The summed E-state index contributed by atoms with van der Waals surface area (Å²) in [5.74, 6) is -1.20. The van der Waals surface area contributed by atoms with Crippen molar-refractivity contribution in [2.75, 3.05) is 30.9 Å². The fourth-order valence-corrected chi connectivity index (χ4v) is 3.22. The average Bonchev–Trinajstić information content (AvgIpc) is 3.30. The van der Waals surface area contributed by atoms with Crippen LogP contribution in [0.2, 0.25) is 0 Å². The van der Waals surface area contributed by atoms with Crippen molar-refractivity contribution in [3.8, 4) is 0 Å². The first-order valence-corrected chi connectivity index (χ1v) is 9.80. The second-order valence-electron chi connectivity index (χ2n) is 7.07. The number of esters is 1. The van der Waals surface area contributed by atoms with Crippen molar-refractivity contribution >= 4 is 40.2 Å². The number of rotatable bonds is 6. The van der Waals surface area contributed by atoms with Crippen LogP contribution in [-0.4, -0.2) is 42.4 Å². The normalized spacial score (nSPS) is 14.8. The maximum atomic E-state index is 13.0. The number of Topliss-reactive ketones (excluding diaryl/α,β-unsaturated/α-hetero) is 1. The van der Waals surface area contributed by atoms with Gasteiger partial charge in [-0.2, -0.15) is 0 Å². The largest absolute Gasteiger partial charge is 0.462 e. The smallest absolute Gasteiger partial charge is 0.347 e. The van der Waals surface area contributed by atoms with Crippen molar-refractivity contribution in [1.29, 1.82) is 0 Å². The molecule has 0 radical (unpaired) electrons. The molecule has 3 heterocycles. The first-order chi connectivity index (χ1) is 15.0. The zero-order valence-electron chi connectivity index (χ0n) is 17.4. The van der Waals surface area contributed by atoms with Crippen molar-refractivity contribution in [3.63, 3.8) is 0 Å². The third-order valence-electron chi connectivity index (χ3n) is 4.78. The number of nitrogens with zero attached hydrogens (tertiary/aromatic N) is 2. The summed E-state index contributed by atoms with van der Waals surface area (Å²) < 4.78 is 10.9. The van der Waals surface area contributed by atoms with E-state index in [4.69, 9.17) is 9.47 Å². The van der Waals surface area contributed by atoms with E-state index in [0.717, 1.165) is 16.6 Å². The van der Waals surface area contributed by atoms with E-state index in [-0.39, 0.29) is 23.8 Å². The molecule has 8 heteroatoms. The van der Waals surface area contributed by atoms with Gasteiger partial charge in [0.1, 0.15) is 5.65 Å². The summed E-state index contributed by atoms with van der Waals surface area (Å²) >= 11 is 0. The molecule has 0 spiro atoms. The molecule has 0 atom stereocenters. The van der Waals surface area contributed by atoms with Gasteiger partial charge in [0.15, 0.2) is 11.3 Å². The molecule has 0 bridgehead atoms. The molecule has 1 aromatic carbocycles. The molecule has 1 aliphatic rings. The molecule has 31 heavy (non-hydrogen) atoms. The van der Waals surface area contributed by atoms with Gasteiger partial charge in [0.2, 0.25) is 11.7 Å². The van der Waals surface area contributed by atoms with Gasteiger partial charge < -0.3 is 24.7 Å². The van der Waals surface area contributed by atoms with Crippen LogP contribution in [0.25, 0.3) is 17.1 Å². The molecule has 0 unspecified atom stereocenters. The van der Waals surface area contributed by atoms with E-state index in [1.807, 2.05) is 55.4 Å². The predicted octanol–water partition coefficient (Wildman–Crippen LogP) is 3.46. The minimum atomic E-state index is -0.732. The second-order valence-corrected chi connectivity index (χ2v) is 7.07. The Hall–Kier alpha value is -4.07. The first kappa shape index (κ1) is 20.2. The summed E-state index contributed by atoms with van der Waals surface area (Å²) in [7, 11) is 3.89. The molecule has 3 aromatic rings. The lowest BCUT2D eigenvalue weighted by molar-refractivity contribution is -0.139. The van der Waals surface area contributed by atoms with Crippen LogP contribution in [-0.2, 0) is 19.1 Å². The lowest BCUT2D eigenvalue weighted by atomic mass is 10.1. The molecule has 0 fully saturated rings. The highest BCUT2D eigenvalue weighted by Gasteiger charge is 2.37. The minimum absolute atomic E-state index is 0.0280. The van der Waals surface area contributed by atoms with Crippen molar-refractivity contribution in [2.45, 2.75) is 6.92 Å². The molecule has 4 rings (SSSR count). The summed E-state index contributed by atoms with van der Waals surface area (Å²) in [5.41, 5.74) is 2.95. The number of fused-ring (bicyclic) bond motifs is 1. The Labute approximate surface area is 179 Å². The van der Waals surface area contributed by atoms with Crippen LogP contribution in [0.15, 0.2) is 66.0 Å². The van der Waals surface area contributed by atoms with Gasteiger partial charge in [-0.25, -0.2) is 9.78 Å². The summed E-state index contributed by atoms with van der Waals surface area (Å²) in [5, 5.41) is 3.87. The van der Waals surface area contributed by atoms with Crippen molar-refractivity contribution in [1.82, 2.24) is 9.97 Å². The molecule has 2 aromatic heterocycles. The molecule has 158 valence electrons. The van der Waals surface area contributed by atoms with Crippen LogP contribution in [0, 0.1) is 0 Å². The number of carbonyl (C=O) groups excluding carboxylic acids is 2. The van der Waals surface area contributed by atoms with Gasteiger partial charge in [0, 0.05) is 48.8 Å². The quantitative estimate of drug-likeness (QED) is 0.359. The van der Waals surface area contributed by atoms with Crippen LogP contribution in [0.1, 0.15) is 12.5 Å². The lowest BCUT2D eigenvalue weighted by Crippen LogP contribution is -2.16. The Bertz CT molecular complexity index is 1210. The number of aromatic nitrogens is 2. The number of ether oxygens (including phenoxy) is 2. The van der Waals surface area contributed by atoms with Gasteiger partial charge in [-0.3, -0.25) is 4.79 Å². The Morgan fingerprint density at radius 1 is 1.26 bits per heavy atom. The van der Waals surface area contributed by atoms with Gasteiger partial charge in [-0.15, -0.1) is 0 Å². The van der Waals surface area contributed by atoms with Gasteiger partial charge in [0.05, 0.1) is 6.61 Å². The highest BCUT2D eigenvalue weighted by Crippen LogP contribution is 2.30. The molecule has 8 nitrogen and oxygen atoms in total. The molecular weight excluding hydrogens is 396 g/mol. The van der Waals surface area contributed by atoms with Crippen LogP contribution in [0.3, 0.4) is 0 Å². The number of H-pyrrole nitrogens is 1. The molecule has 1 aliphatic heterocycles. The number of benzene rings is 1. The first-order valence-electron chi connectivity index (χ1n) is 9.80. The number of pyridine rings is 1. The lowest BCUT2D eigenvalue weighted by Gasteiger charge is -2.14. The van der Waals surface area contributed by atoms with Gasteiger partial charge in [0.25, 0.3) is 0 Å². The Morgan fingerprint density at radius 3 is 2.74 bits per heavy atom. The summed E-state index contributed by atoms with van der Waals surface area (Å²) in [4.78, 5) is 34.8. The van der Waals surface area contributed by atoms with Crippen molar-refractivity contribution in [2.24, 2.45) is 0 Å². The van der Waals surface area contributed by atoms with Gasteiger partial charge in [-0.05, 0) is 49.4 Å². The van der Waals surface area contributed by atoms with Gasteiger partial charge >= 0.3 is 5.97 Å². The van der Waals surface area contributed by atoms with E-state index in [2.05, 4.69) is 15.3 Å². The predicted molar refractivity (Wildman–Crippen MR) is 118 cm³/mol. The number of aromatic amines is 1. The Morgan fingerprint density at radius 2 is 2.03 bits per heavy atom. The number of allylic oxidation sites excluding steroid dienone is 1. The van der Waals surface area contributed by atoms with Crippen molar-refractivity contribution < 1.29 is 19.1 Å². The van der Waals surface area contributed by atoms with E-state index in [1.54, 1.807) is 25.4 Å². The molecule has 0 saturated carbocycles. The summed E-state index contributed by atoms with van der Waals surface area (Å²) in [6, 6.07) is 11.2. The highest BCUT2D eigenvalue weighted by atomic mass is 16.5. The molecular formula is C23H22N4O4. The van der Waals surface area contributed by atoms with E-state index < -0.39 is 11.8 Å². The maximum Gasteiger partial charge on any atom is 0.347 e. The number of hydrogen-bond donors (Lipinski definition) is 2. The van der Waals surface area contributed by atoms with Crippen LogP contribution in [0.4, 0.5) is 11.4 Å². The third-order valence-corrected chi connectivity index (χ3v) is 4.78. The number of nitrogens with one attached hydrogen (secondary N) is 2. The molecule has 0 aliphatic carbocycles. The highest BCUT2D eigenvalue weighted by molar-refractivity contribution is 6.26. The van der Waals surface area contributed by atoms with E-state index >= 15 is 0 Å². The van der Waals surface area contributed by atoms with E-state index in [9.17, 15) is 9.59 Å². The summed E-state index contributed by atoms with van der Waals surface area (Å²) in [6.07, 6.45) is 5.00. The summed E-state index contributed by atoms with van der Waals surface area (Å²) in [6.45, 7) is 1.83. The van der Waals surface area contributed by atoms with Crippen LogP contribution < -0.4 is 10.2 Å². The number of carbonyl (C=O) groups is 2. The van der Waals surface area contributed by atoms with Crippen molar-refractivity contribution in [3.05, 3.63) is 71.6 Å².